The summed E-state index contributed by atoms with van der Waals surface area (Å²) >= 11 is 0. The molecular formula is C15H14FN. The number of halogens is 1. The van der Waals surface area contributed by atoms with Gasteiger partial charge in [0, 0.05) is 17.0 Å². The summed E-state index contributed by atoms with van der Waals surface area (Å²) in [5, 5.41) is 1.54. The van der Waals surface area contributed by atoms with Crippen LogP contribution >= 0.6 is 0 Å². The quantitative estimate of drug-likeness (QED) is 0.706. The molecule has 0 amide bonds. The summed E-state index contributed by atoms with van der Waals surface area (Å²) in [4.78, 5) is 4.29. The number of fused-ring (bicyclic) bond motifs is 1. The highest BCUT2D eigenvalue weighted by Gasteiger charge is 2.14. The number of hydrogen-bond donors (Lipinski definition) is 0. The van der Waals surface area contributed by atoms with Gasteiger partial charge >= 0.3 is 0 Å². The van der Waals surface area contributed by atoms with Crippen LogP contribution in [0.15, 0.2) is 36.5 Å². The van der Waals surface area contributed by atoms with Crippen LogP contribution in [0.4, 0.5) is 4.39 Å². The molecule has 0 spiro atoms. The van der Waals surface area contributed by atoms with Crippen LogP contribution in [0.25, 0.3) is 16.3 Å². The lowest BCUT2D eigenvalue weighted by Gasteiger charge is -2.13. The lowest BCUT2D eigenvalue weighted by atomic mass is 9.95. The lowest BCUT2D eigenvalue weighted by molar-refractivity contribution is 0.625. The highest BCUT2D eigenvalue weighted by atomic mass is 19.1. The van der Waals surface area contributed by atoms with Crippen molar-refractivity contribution in [2.24, 2.45) is 0 Å². The SMILES string of the molecule is Fc1c(C2=CCCCC2)ncc2ccccc12. The van der Waals surface area contributed by atoms with Crippen molar-refractivity contribution in [1.29, 1.82) is 0 Å². The molecule has 0 bridgehead atoms. The predicted molar refractivity (Wildman–Crippen MR) is 68.1 cm³/mol. The minimum Gasteiger partial charge on any atom is -0.253 e. The van der Waals surface area contributed by atoms with Gasteiger partial charge in [-0.05, 0) is 31.3 Å². The van der Waals surface area contributed by atoms with Gasteiger partial charge in [-0.3, -0.25) is 4.98 Å². The van der Waals surface area contributed by atoms with E-state index in [-0.39, 0.29) is 5.82 Å². The first kappa shape index (κ1) is 10.5. The first-order valence-corrected chi connectivity index (χ1v) is 6.09. The van der Waals surface area contributed by atoms with Crippen molar-refractivity contribution in [3.8, 4) is 0 Å². The zero-order valence-electron chi connectivity index (χ0n) is 9.62. The number of hydrogen-bond acceptors (Lipinski definition) is 1. The maximum absolute atomic E-state index is 14.4. The molecule has 17 heavy (non-hydrogen) atoms. The Morgan fingerprint density at radius 3 is 2.82 bits per heavy atom. The van der Waals surface area contributed by atoms with Crippen LogP contribution in [-0.4, -0.2) is 4.98 Å². The Morgan fingerprint density at radius 2 is 2.00 bits per heavy atom. The van der Waals surface area contributed by atoms with Crippen molar-refractivity contribution in [1.82, 2.24) is 4.98 Å². The molecule has 0 N–H and O–H groups in total. The molecule has 3 rings (SSSR count). The Labute approximate surface area is 100.0 Å². The minimum atomic E-state index is -0.170. The number of aromatic nitrogens is 1. The third kappa shape index (κ3) is 1.84. The Hall–Kier alpha value is -1.70. The standard InChI is InChI=1S/C15H14FN/c16-14-13-9-5-4-8-12(13)10-17-15(14)11-6-2-1-3-7-11/h4-6,8-10H,1-3,7H2. The lowest BCUT2D eigenvalue weighted by Crippen LogP contribution is -1.99. The van der Waals surface area contributed by atoms with E-state index in [0.717, 1.165) is 30.2 Å². The molecule has 0 saturated heterocycles. The fourth-order valence-corrected chi connectivity index (χ4v) is 2.40. The maximum Gasteiger partial charge on any atom is 0.156 e. The van der Waals surface area contributed by atoms with Crippen molar-refractivity contribution >= 4 is 16.3 Å². The van der Waals surface area contributed by atoms with Crippen molar-refractivity contribution in [2.45, 2.75) is 25.7 Å². The van der Waals surface area contributed by atoms with E-state index in [0.29, 0.717) is 11.1 Å². The first-order valence-electron chi connectivity index (χ1n) is 6.09. The van der Waals surface area contributed by atoms with E-state index in [4.69, 9.17) is 0 Å². The van der Waals surface area contributed by atoms with Crippen molar-refractivity contribution in [3.05, 3.63) is 48.0 Å². The van der Waals surface area contributed by atoms with Gasteiger partial charge < -0.3 is 0 Å². The largest absolute Gasteiger partial charge is 0.253 e. The average molecular weight is 227 g/mol. The molecule has 1 aromatic carbocycles. The van der Waals surface area contributed by atoms with Gasteiger partial charge in [0.25, 0.3) is 0 Å². The summed E-state index contributed by atoms with van der Waals surface area (Å²) in [5.41, 5.74) is 1.61. The van der Waals surface area contributed by atoms with E-state index in [1.54, 1.807) is 6.20 Å². The summed E-state index contributed by atoms with van der Waals surface area (Å²) in [6.45, 7) is 0. The van der Waals surface area contributed by atoms with E-state index < -0.39 is 0 Å². The highest BCUT2D eigenvalue weighted by molar-refractivity contribution is 5.85. The van der Waals surface area contributed by atoms with Gasteiger partial charge in [-0.25, -0.2) is 4.39 Å². The summed E-state index contributed by atoms with van der Waals surface area (Å²) < 4.78 is 14.4. The topological polar surface area (TPSA) is 12.9 Å². The maximum atomic E-state index is 14.4. The molecule has 0 unspecified atom stereocenters. The van der Waals surface area contributed by atoms with Gasteiger partial charge in [-0.15, -0.1) is 0 Å². The molecule has 1 heterocycles. The first-order chi connectivity index (χ1) is 8.36. The van der Waals surface area contributed by atoms with Crippen molar-refractivity contribution < 1.29 is 4.39 Å². The molecule has 0 atom stereocenters. The molecule has 86 valence electrons. The molecule has 0 radical (unpaired) electrons. The van der Waals surface area contributed by atoms with E-state index in [1.807, 2.05) is 24.3 Å². The van der Waals surface area contributed by atoms with Crippen LogP contribution in [0.1, 0.15) is 31.4 Å². The summed E-state index contributed by atoms with van der Waals surface area (Å²) in [6.07, 6.45) is 8.23. The third-order valence-corrected chi connectivity index (χ3v) is 3.33. The zero-order valence-corrected chi connectivity index (χ0v) is 9.62. The molecule has 0 aliphatic heterocycles. The highest BCUT2D eigenvalue weighted by Crippen LogP contribution is 2.29. The van der Waals surface area contributed by atoms with Gasteiger partial charge in [-0.2, -0.15) is 0 Å². The number of allylic oxidation sites excluding steroid dienone is 2. The van der Waals surface area contributed by atoms with E-state index in [2.05, 4.69) is 11.1 Å². The monoisotopic (exact) mass is 227 g/mol. The van der Waals surface area contributed by atoms with Gasteiger partial charge in [-0.1, -0.05) is 30.3 Å². The minimum absolute atomic E-state index is 0.170. The molecule has 1 aromatic heterocycles. The average Bonchev–Trinajstić information content (AvgIpc) is 2.40. The number of rotatable bonds is 1. The van der Waals surface area contributed by atoms with Crippen molar-refractivity contribution in [2.75, 3.05) is 0 Å². The second-order valence-electron chi connectivity index (χ2n) is 4.48. The van der Waals surface area contributed by atoms with E-state index in [9.17, 15) is 4.39 Å². The third-order valence-electron chi connectivity index (χ3n) is 3.33. The van der Waals surface area contributed by atoms with E-state index >= 15 is 0 Å². The van der Waals surface area contributed by atoms with Gasteiger partial charge in [0.1, 0.15) is 5.69 Å². The summed E-state index contributed by atoms with van der Waals surface area (Å²) in [6, 6.07) is 7.48. The van der Waals surface area contributed by atoms with Crippen LogP contribution in [-0.2, 0) is 0 Å². The molecule has 2 heteroatoms. The van der Waals surface area contributed by atoms with Gasteiger partial charge in [0.05, 0.1) is 0 Å². The Kier molecular flexibility index (Phi) is 2.63. The fraction of sp³-hybridized carbons (Fsp3) is 0.267. The predicted octanol–water partition coefficient (Wildman–Crippen LogP) is 4.33. The Balaban J connectivity index is 2.17. The van der Waals surface area contributed by atoms with Crippen LogP contribution in [0.2, 0.25) is 0 Å². The van der Waals surface area contributed by atoms with Crippen LogP contribution in [0.3, 0.4) is 0 Å². The second-order valence-corrected chi connectivity index (χ2v) is 4.48. The fourth-order valence-electron chi connectivity index (χ4n) is 2.40. The normalized spacial score (nSPS) is 15.9. The number of pyridine rings is 1. The molecule has 2 aromatic rings. The number of benzene rings is 1. The van der Waals surface area contributed by atoms with Crippen molar-refractivity contribution in [3.63, 3.8) is 0 Å². The Morgan fingerprint density at radius 1 is 1.12 bits per heavy atom. The smallest absolute Gasteiger partial charge is 0.156 e. The zero-order chi connectivity index (χ0) is 11.7. The second kappa shape index (κ2) is 4.28. The van der Waals surface area contributed by atoms with Crippen LogP contribution in [0.5, 0.6) is 0 Å². The summed E-state index contributed by atoms with van der Waals surface area (Å²) in [7, 11) is 0. The Bertz CT molecular complexity index is 586. The van der Waals surface area contributed by atoms with Gasteiger partial charge in [0.15, 0.2) is 5.82 Å². The van der Waals surface area contributed by atoms with E-state index in [1.165, 1.54) is 6.42 Å². The molecular weight excluding hydrogens is 213 g/mol. The van der Waals surface area contributed by atoms with Crippen LogP contribution < -0.4 is 0 Å². The molecule has 0 saturated carbocycles. The molecule has 0 fully saturated rings. The van der Waals surface area contributed by atoms with Crippen LogP contribution in [0, 0.1) is 5.82 Å². The molecule has 1 aliphatic rings. The molecule has 1 aliphatic carbocycles. The molecule has 1 nitrogen and oxygen atoms in total. The van der Waals surface area contributed by atoms with Gasteiger partial charge in [0.2, 0.25) is 0 Å². The number of nitrogens with zero attached hydrogens (tertiary/aromatic N) is 1. The summed E-state index contributed by atoms with van der Waals surface area (Å²) in [5.74, 6) is -0.170.